The zero-order chi connectivity index (χ0) is 10.0. The van der Waals surface area contributed by atoms with Gasteiger partial charge in [0, 0.05) is 7.05 Å². The maximum absolute atomic E-state index is 4.30. The van der Waals surface area contributed by atoms with Crippen molar-refractivity contribution in [3.8, 4) is 0 Å². The molecule has 0 aliphatic carbocycles. The fourth-order valence-electron chi connectivity index (χ4n) is 1.55. The lowest BCUT2D eigenvalue weighted by Gasteiger charge is -2.15. The van der Waals surface area contributed by atoms with Crippen LogP contribution in [0.25, 0.3) is 0 Å². The Kier molecular flexibility index (Phi) is 2.88. The quantitative estimate of drug-likeness (QED) is 0.714. The number of hydrogen-bond acceptors (Lipinski definition) is 2. The third kappa shape index (κ3) is 1.98. The third-order valence-electron chi connectivity index (χ3n) is 2.12. The van der Waals surface area contributed by atoms with Crippen LogP contribution in [0.5, 0.6) is 0 Å². The van der Waals surface area contributed by atoms with Gasteiger partial charge in [-0.1, -0.05) is 12.2 Å². The van der Waals surface area contributed by atoms with Gasteiger partial charge in [-0.15, -0.1) is 0 Å². The summed E-state index contributed by atoms with van der Waals surface area (Å²) < 4.78 is 1.89. The number of nitrogens with zero attached hydrogens (tertiary/aromatic N) is 2. The van der Waals surface area contributed by atoms with E-state index in [1.54, 1.807) is 0 Å². The molecule has 0 fully saturated rings. The minimum absolute atomic E-state index is 0.200. The molecule has 0 saturated heterocycles. The van der Waals surface area contributed by atoms with Crippen LogP contribution in [-0.2, 0) is 7.05 Å². The van der Waals surface area contributed by atoms with E-state index in [9.17, 15) is 0 Å². The minimum atomic E-state index is 0.200. The summed E-state index contributed by atoms with van der Waals surface area (Å²) in [5, 5.41) is 7.51. The first-order valence-electron chi connectivity index (χ1n) is 4.39. The first-order chi connectivity index (χ1) is 6.06. The van der Waals surface area contributed by atoms with Gasteiger partial charge in [0.25, 0.3) is 0 Å². The molecule has 72 valence electrons. The largest absolute Gasteiger partial charge is 0.308 e. The van der Waals surface area contributed by atoms with Gasteiger partial charge in [0.15, 0.2) is 0 Å². The van der Waals surface area contributed by atoms with Crippen LogP contribution < -0.4 is 5.32 Å². The fraction of sp³-hybridized carbons (Fsp3) is 0.500. The number of hydrogen-bond donors (Lipinski definition) is 1. The summed E-state index contributed by atoms with van der Waals surface area (Å²) in [7, 11) is 3.89. The summed E-state index contributed by atoms with van der Waals surface area (Å²) in [6, 6.07) is 2.28. The predicted molar refractivity (Wildman–Crippen MR) is 54.6 cm³/mol. The molecule has 3 heteroatoms. The Morgan fingerprint density at radius 1 is 1.69 bits per heavy atom. The highest BCUT2D eigenvalue weighted by molar-refractivity contribution is 5.21. The molecular formula is C10H17N3. The van der Waals surface area contributed by atoms with E-state index >= 15 is 0 Å². The van der Waals surface area contributed by atoms with Crippen molar-refractivity contribution in [2.24, 2.45) is 7.05 Å². The Morgan fingerprint density at radius 3 is 2.62 bits per heavy atom. The molecule has 0 saturated carbocycles. The molecule has 0 radical (unpaired) electrons. The van der Waals surface area contributed by atoms with E-state index in [2.05, 4.69) is 23.1 Å². The van der Waals surface area contributed by atoms with Gasteiger partial charge in [0.05, 0.1) is 17.4 Å². The number of likely N-dealkylation sites (N-methyl/N-ethyl adjacent to an activating group) is 1. The van der Waals surface area contributed by atoms with Gasteiger partial charge in [0.2, 0.25) is 0 Å². The van der Waals surface area contributed by atoms with Gasteiger partial charge in [-0.05, 0) is 27.0 Å². The molecule has 0 aliphatic rings. The highest BCUT2D eigenvalue weighted by atomic mass is 15.3. The predicted octanol–water partition coefficient (Wildman–Crippen LogP) is 1.57. The molecule has 0 aromatic carbocycles. The van der Waals surface area contributed by atoms with Gasteiger partial charge in [-0.25, -0.2) is 0 Å². The Balaban J connectivity index is 3.04. The highest BCUT2D eigenvalue weighted by Crippen LogP contribution is 2.19. The first-order valence-corrected chi connectivity index (χ1v) is 4.39. The van der Waals surface area contributed by atoms with Crippen molar-refractivity contribution < 1.29 is 0 Å². The van der Waals surface area contributed by atoms with Crippen LogP contribution in [0.15, 0.2) is 18.2 Å². The number of nitrogens with one attached hydrogen (secondary N) is 1. The summed E-state index contributed by atoms with van der Waals surface area (Å²) >= 11 is 0. The lowest BCUT2D eigenvalue weighted by molar-refractivity contribution is 0.598. The second-order valence-electron chi connectivity index (χ2n) is 3.40. The van der Waals surface area contributed by atoms with E-state index in [1.165, 1.54) is 0 Å². The molecule has 13 heavy (non-hydrogen) atoms. The Hall–Kier alpha value is -1.09. The lowest BCUT2D eigenvalue weighted by Crippen LogP contribution is -2.19. The monoisotopic (exact) mass is 179 g/mol. The molecule has 0 bridgehead atoms. The molecule has 1 aromatic rings. The normalized spacial score (nSPS) is 12.9. The summed E-state index contributed by atoms with van der Waals surface area (Å²) in [5.41, 5.74) is 3.30. The number of aryl methyl sites for hydroxylation is 2. The molecule has 1 aromatic heterocycles. The molecule has 0 amide bonds. The SMILES string of the molecule is C=C(C)C(NC)c1cc(C)nn1C. The average molecular weight is 179 g/mol. The van der Waals surface area contributed by atoms with Crippen LogP contribution in [0.2, 0.25) is 0 Å². The van der Waals surface area contributed by atoms with Crippen LogP contribution in [0.1, 0.15) is 24.4 Å². The maximum Gasteiger partial charge on any atom is 0.0699 e. The second-order valence-corrected chi connectivity index (χ2v) is 3.40. The molecule has 1 heterocycles. The molecule has 1 N–H and O–H groups in total. The summed E-state index contributed by atoms with van der Waals surface area (Å²) in [4.78, 5) is 0. The molecule has 1 atom stereocenters. The van der Waals surface area contributed by atoms with Crippen molar-refractivity contribution in [2.45, 2.75) is 19.9 Å². The molecular weight excluding hydrogens is 162 g/mol. The Bertz CT molecular complexity index is 312. The van der Waals surface area contributed by atoms with Crippen molar-refractivity contribution in [3.05, 3.63) is 29.6 Å². The van der Waals surface area contributed by atoms with Gasteiger partial charge in [-0.2, -0.15) is 5.10 Å². The maximum atomic E-state index is 4.30. The molecule has 0 spiro atoms. The van der Waals surface area contributed by atoms with E-state index < -0.39 is 0 Å². The summed E-state index contributed by atoms with van der Waals surface area (Å²) in [5.74, 6) is 0. The van der Waals surface area contributed by atoms with Crippen molar-refractivity contribution in [1.82, 2.24) is 15.1 Å². The standard InChI is InChI=1S/C10H17N3/c1-7(2)10(11-4)9-6-8(3)12-13(9)5/h6,10-11H,1H2,2-5H3. The third-order valence-corrected chi connectivity index (χ3v) is 2.12. The van der Waals surface area contributed by atoms with Crippen LogP contribution in [0.4, 0.5) is 0 Å². The van der Waals surface area contributed by atoms with Crippen molar-refractivity contribution in [3.63, 3.8) is 0 Å². The van der Waals surface area contributed by atoms with Gasteiger partial charge >= 0.3 is 0 Å². The fourth-order valence-corrected chi connectivity index (χ4v) is 1.55. The summed E-state index contributed by atoms with van der Waals surface area (Å²) in [6.45, 7) is 7.96. The van der Waals surface area contributed by atoms with E-state index in [-0.39, 0.29) is 6.04 Å². The molecule has 0 aliphatic heterocycles. The van der Waals surface area contributed by atoms with E-state index in [0.29, 0.717) is 0 Å². The highest BCUT2D eigenvalue weighted by Gasteiger charge is 2.13. The van der Waals surface area contributed by atoms with Crippen molar-refractivity contribution in [2.75, 3.05) is 7.05 Å². The molecule has 1 unspecified atom stereocenters. The van der Waals surface area contributed by atoms with E-state index in [4.69, 9.17) is 0 Å². The van der Waals surface area contributed by atoms with Crippen molar-refractivity contribution in [1.29, 1.82) is 0 Å². The van der Waals surface area contributed by atoms with Gasteiger partial charge < -0.3 is 5.32 Å². The van der Waals surface area contributed by atoms with Crippen LogP contribution in [0.3, 0.4) is 0 Å². The Morgan fingerprint density at radius 2 is 2.31 bits per heavy atom. The Labute approximate surface area is 79.5 Å². The number of rotatable bonds is 3. The lowest BCUT2D eigenvalue weighted by atomic mass is 10.1. The van der Waals surface area contributed by atoms with E-state index in [1.807, 2.05) is 32.6 Å². The van der Waals surface area contributed by atoms with Crippen LogP contribution in [-0.4, -0.2) is 16.8 Å². The second kappa shape index (κ2) is 3.75. The smallest absolute Gasteiger partial charge is 0.0699 e. The topological polar surface area (TPSA) is 29.9 Å². The molecule has 3 nitrogen and oxygen atoms in total. The van der Waals surface area contributed by atoms with Crippen molar-refractivity contribution >= 4 is 0 Å². The van der Waals surface area contributed by atoms with Gasteiger partial charge in [0.1, 0.15) is 0 Å². The first kappa shape index (κ1) is 9.99. The van der Waals surface area contributed by atoms with Crippen LogP contribution >= 0.6 is 0 Å². The van der Waals surface area contributed by atoms with E-state index in [0.717, 1.165) is 17.0 Å². The van der Waals surface area contributed by atoms with Crippen LogP contribution in [0, 0.1) is 6.92 Å². The minimum Gasteiger partial charge on any atom is -0.308 e. The zero-order valence-electron chi connectivity index (χ0n) is 8.76. The average Bonchev–Trinajstić information content (AvgIpc) is 2.31. The molecule has 1 rings (SSSR count). The summed E-state index contributed by atoms with van der Waals surface area (Å²) in [6.07, 6.45) is 0. The number of aromatic nitrogens is 2. The zero-order valence-corrected chi connectivity index (χ0v) is 8.76. The van der Waals surface area contributed by atoms with Gasteiger partial charge in [-0.3, -0.25) is 4.68 Å².